The number of hydrogen-bond donors (Lipinski definition) is 1. The molecule has 1 heterocycles. The first-order chi connectivity index (χ1) is 14.3. The van der Waals surface area contributed by atoms with E-state index in [1.807, 2.05) is 6.07 Å². The van der Waals surface area contributed by atoms with Crippen molar-refractivity contribution < 1.29 is 18.0 Å². The van der Waals surface area contributed by atoms with Crippen LogP contribution < -0.4 is 10.2 Å². The molecule has 30 heavy (non-hydrogen) atoms. The van der Waals surface area contributed by atoms with Gasteiger partial charge in [0.25, 0.3) is 0 Å². The Balaban J connectivity index is 1.48. The maximum atomic E-state index is 13.2. The summed E-state index contributed by atoms with van der Waals surface area (Å²) in [5.74, 6) is -0.401. The quantitative estimate of drug-likeness (QED) is 0.607. The van der Waals surface area contributed by atoms with Crippen LogP contribution >= 0.6 is 15.9 Å². The van der Waals surface area contributed by atoms with Crippen molar-refractivity contribution in [3.05, 3.63) is 22.2 Å². The average Bonchev–Trinajstić information content (AvgIpc) is 3.50. The first-order valence-electron chi connectivity index (χ1n) is 11.0. The third-order valence-electron chi connectivity index (χ3n) is 6.34. The number of amides is 2. The Morgan fingerprint density at radius 1 is 1.07 bits per heavy atom. The molecule has 1 aliphatic heterocycles. The predicted molar refractivity (Wildman–Crippen MR) is 119 cm³/mol. The van der Waals surface area contributed by atoms with Gasteiger partial charge in [0.05, 0.1) is 16.3 Å². The van der Waals surface area contributed by atoms with Gasteiger partial charge in [-0.3, -0.25) is 9.59 Å². The van der Waals surface area contributed by atoms with Gasteiger partial charge in [0, 0.05) is 29.4 Å². The molecule has 1 aromatic carbocycles. The molecule has 3 aliphatic rings. The summed E-state index contributed by atoms with van der Waals surface area (Å²) in [6, 6.07) is 3.63. The minimum Gasteiger partial charge on any atom is -0.353 e. The van der Waals surface area contributed by atoms with Crippen molar-refractivity contribution in [3.8, 4) is 0 Å². The Morgan fingerprint density at radius 3 is 2.43 bits per heavy atom. The van der Waals surface area contributed by atoms with Crippen molar-refractivity contribution in [2.75, 3.05) is 17.2 Å². The molecule has 0 saturated heterocycles. The standard InChI is InChI=1S/C22H29BrN2O4S/c23-17-13-16-9-11-25(22(27)15-7-8-15)21(16)19(14-17)30(28,29)12-10-20(26)24-18-5-3-1-2-4-6-18/h13-15,18H,1-12H2,(H,24,26). The highest BCUT2D eigenvalue weighted by molar-refractivity contribution is 9.10. The highest BCUT2D eigenvalue weighted by Crippen LogP contribution is 2.41. The molecule has 8 heteroatoms. The summed E-state index contributed by atoms with van der Waals surface area (Å²) in [6.45, 7) is 0.520. The SMILES string of the molecule is O=C(CCS(=O)(=O)c1cc(Br)cc2c1N(C(=O)C1CC1)CC2)NC1CCCCCC1. The van der Waals surface area contributed by atoms with Gasteiger partial charge < -0.3 is 10.2 Å². The Kier molecular flexibility index (Phi) is 6.53. The summed E-state index contributed by atoms with van der Waals surface area (Å²) in [4.78, 5) is 26.9. The number of halogens is 1. The van der Waals surface area contributed by atoms with Crippen LogP contribution in [0.1, 0.15) is 63.4 Å². The summed E-state index contributed by atoms with van der Waals surface area (Å²) < 4.78 is 27.1. The molecule has 2 fully saturated rings. The van der Waals surface area contributed by atoms with Crippen molar-refractivity contribution in [1.82, 2.24) is 5.32 Å². The van der Waals surface area contributed by atoms with Crippen LogP contribution in [0.25, 0.3) is 0 Å². The maximum Gasteiger partial charge on any atom is 0.230 e. The summed E-state index contributed by atoms with van der Waals surface area (Å²) in [5.41, 5.74) is 1.40. The highest BCUT2D eigenvalue weighted by atomic mass is 79.9. The van der Waals surface area contributed by atoms with Gasteiger partial charge in [-0.25, -0.2) is 8.42 Å². The number of sulfone groups is 1. The van der Waals surface area contributed by atoms with Crippen LogP contribution in [0.4, 0.5) is 5.69 Å². The third kappa shape index (κ3) is 4.90. The number of benzene rings is 1. The number of nitrogens with zero attached hydrogens (tertiary/aromatic N) is 1. The number of fused-ring (bicyclic) bond motifs is 1. The minimum absolute atomic E-state index is 0.0265. The first kappa shape index (κ1) is 21.8. The monoisotopic (exact) mass is 496 g/mol. The van der Waals surface area contributed by atoms with Gasteiger partial charge in [-0.05, 0) is 49.8 Å². The van der Waals surface area contributed by atoms with E-state index in [9.17, 15) is 18.0 Å². The number of carbonyl (C=O) groups is 2. The molecule has 0 spiro atoms. The Morgan fingerprint density at radius 2 is 1.77 bits per heavy atom. The fourth-order valence-corrected chi connectivity index (χ4v) is 6.71. The number of rotatable bonds is 6. The lowest BCUT2D eigenvalue weighted by atomic mass is 10.1. The first-order valence-corrected chi connectivity index (χ1v) is 13.5. The second-order valence-electron chi connectivity index (χ2n) is 8.75. The molecule has 6 nitrogen and oxygen atoms in total. The van der Waals surface area contributed by atoms with Crippen LogP contribution in [0.5, 0.6) is 0 Å². The summed E-state index contributed by atoms with van der Waals surface area (Å²) in [7, 11) is -3.71. The van der Waals surface area contributed by atoms with E-state index in [1.54, 1.807) is 11.0 Å². The topological polar surface area (TPSA) is 83.6 Å². The highest BCUT2D eigenvalue weighted by Gasteiger charge is 2.39. The van der Waals surface area contributed by atoms with Crippen molar-refractivity contribution in [1.29, 1.82) is 0 Å². The van der Waals surface area contributed by atoms with Gasteiger partial charge in [0.1, 0.15) is 0 Å². The molecule has 164 valence electrons. The zero-order valence-electron chi connectivity index (χ0n) is 17.2. The van der Waals surface area contributed by atoms with Gasteiger partial charge in [0.15, 0.2) is 9.84 Å². The smallest absolute Gasteiger partial charge is 0.230 e. The van der Waals surface area contributed by atoms with Crippen molar-refractivity contribution >= 4 is 43.3 Å². The second-order valence-corrected chi connectivity index (χ2v) is 11.7. The van der Waals surface area contributed by atoms with Crippen LogP contribution in [0, 0.1) is 5.92 Å². The largest absolute Gasteiger partial charge is 0.353 e. The van der Waals surface area contributed by atoms with E-state index in [2.05, 4.69) is 21.2 Å². The van der Waals surface area contributed by atoms with Crippen LogP contribution in [0.15, 0.2) is 21.5 Å². The maximum absolute atomic E-state index is 13.2. The molecule has 0 atom stereocenters. The fraction of sp³-hybridized carbons (Fsp3) is 0.636. The van der Waals surface area contributed by atoms with Crippen LogP contribution in [0.3, 0.4) is 0 Å². The van der Waals surface area contributed by atoms with Crippen molar-refractivity contribution in [2.45, 2.75) is 75.1 Å². The van der Waals surface area contributed by atoms with E-state index < -0.39 is 9.84 Å². The van der Waals surface area contributed by atoms with E-state index in [4.69, 9.17) is 0 Å². The zero-order valence-corrected chi connectivity index (χ0v) is 19.6. The molecule has 1 aromatic rings. The number of nitrogens with one attached hydrogen (secondary N) is 1. The molecule has 0 unspecified atom stereocenters. The number of hydrogen-bond acceptors (Lipinski definition) is 4. The summed E-state index contributed by atoms with van der Waals surface area (Å²) in [6.07, 6.45) is 8.90. The van der Waals surface area contributed by atoms with Crippen LogP contribution in [0.2, 0.25) is 0 Å². The van der Waals surface area contributed by atoms with Gasteiger partial charge >= 0.3 is 0 Å². The van der Waals surface area contributed by atoms with E-state index in [1.165, 1.54) is 12.8 Å². The third-order valence-corrected chi connectivity index (χ3v) is 8.52. The Hall–Kier alpha value is -1.41. The molecular formula is C22H29BrN2O4S. The fourth-order valence-electron chi connectivity index (χ4n) is 4.54. The minimum atomic E-state index is -3.71. The average molecular weight is 497 g/mol. The van der Waals surface area contributed by atoms with Gasteiger partial charge in [-0.2, -0.15) is 0 Å². The van der Waals surface area contributed by atoms with Gasteiger partial charge in [-0.15, -0.1) is 0 Å². The predicted octanol–water partition coefficient (Wildman–Crippen LogP) is 3.75. The zero-order chi connectivity index (χ0) is 21.3. The van der Waals surface area contributed by atoms with Crippen LogP contribution in [-0.2, 0) is 25.8 Å². The number of carbonyl (C=O) groups excluding carboxylic acids is 2. The lowest BCUT2D eigenvalue weighted by molar-refractivity contribution is -0.121. The van der Waals surface area contributed by atoms with Crippen LogP contribution in [-0.4, -0.2) is 38.6 Å². The Bertz CT molecular complexity index is 935. The van der Waals surface area contributed by atoms with Crippen molar-refractivity contribution in [2.24, 2.45) is 5.92 Å². The molecule has 0 aromatic heterocycles. The van der Waals surface area contributed by atoms with Crippen molar-refractivity contribution in [3.63, 3.8) is 0 Å². The van der Waals surface area contributed by atoms with E-state index in [0.717, 1.165) is 44.1 Å². The van der Waals surface area contributed by atoms with Gasteiger partial charge in [-0.1, -0.05) is 41.6 Å². The molecule has 2 aliphatic carbocycles. The Labute approximate surface area is 186 Å². The summed E-state index contributed by atoms with van der Waals surface area (Å²) in [5, 5.41) is 3.02. The second kappa shape index (κ2) is 8.99. The molecule has 0 bridgehead atoms. The lowest BCUT2D eigenvalue weighted by Crippen LogP contribution is -2.35. The summed E-state index contributed by atoms with van der Waals surface area (Å²) >= 11 is 3.41. The molecule has 2 saturated carbocycles. The normalized spacial score (nSPS) is 20.0. The molecule has 4 rings (SSSR count). The number of anilines is 1. The molecule has 1 N–H and O–H groups in total. The lowest BCUT2D eigenvalue weighted by Gasteiger charge is -2.21. The molecule has 0 radical (unpaired) electrons. The van der Waals surface area contributed by atoms with E-state index in [0.29, 0.717) is 23.1 Å². The van der Waals surface area contributed by atoms with E-state index in [-0.39, 0.29) is 40.8 Å². The van der Waals surface area contributed by atoms with E-state index >= 15 is 0 Å². The molecule has 2 amide bonds. The molecular weight excluding hydrogens is 468 g/mol. The van der Waals surface area contributed by atoms with Gasteiger partial charge in [0.2, 0.25) is 11.8 Å².